The van der Waals surface area contributed by atoms with Gasteiger partial charge >= 0.3 is 0 Å². The largest absolute Gasteiger partial charge is 0.368 e. The van der Waals surface area contributed by atoms with Gasteiger partial charge in [0.05, 0.1) is 6.04 Å². The first kappa shape index (κ1) is 9.49. The number of halogens is 1. The molecule has 0 fully saturated rings. The zero-order chi connectivity index (χ0) is 10.1. The standard InChI is InChI=1S/C10H11ClN2O/c11-8-2-1-6-4-9(10(12)14)13-5-7(6)3-8/h1-3,9,13H,4-5H2,(H2,12,14). The van der Waals surface area contributed by atoms with Gasteiger partial charge in [0.1, 0.15) is 0 Å². The Morgan fingerprint density at radius 2 is 2.29 bits per heavy atom. The Morgan fingerprint density at radius 3 is 3.00 bits per heavy atom. The molecule has 74 valence electrons. The minimum Gasteiger partial charge on any atom is -0.368 e. The highest BCUT2D eigenvalue weighted by molar-refractivity contribution is 6.30. The normalized spacial score (nSPS) is 20.2. The minimum atomic E-state index is -0.300. The van der Waals surface area contributed by atoms with Gasteiger partial charge in [-0.1, -0.05) is 17.7 Å². The number of nitrogens with two attached hydrogens (primary N) is 1. The third kappa shape index (κ3) is 1.74. The third-order valence-electron chi connectivity index (χ3n) is 2.47. The summed E-state index contributed by atoms with van der Waals surface area (Å²) in [5.41, 5.74) is 7.52. The van der Waals surface area contributed by atoms with Crippen molar-refractivity contribution < 1.29 is 4.79 Å². The molecule has 1 aromatic rings. The van der Waals surface area contributed by atoms with E-state index in [0.29, 0.717) is 13.0 Å². The summed E-state index contributed by atoms with van der Waals surface area (Å²) in [6.45, 7) is 0.656. The molecular formula is C10H11ClN2O. The molecule has 1 atom stereocenters. The molecule has 3 nitrogen and oxygen atoms in total. The summed E-state index contributed by atoms with van der Waals surface area (Å²) >= 11 is 5.86. The Morgan fingerprint density at radius 1 is 1.50 bits per heavy atom. The maximum Gasteiger partial charge on any atom is 0.234 e. The van der Waals surface area contributed by atoms with Gasteiger partial charge in [-0.15, -0.1) is 0 Å². The number of hydrogen-bond acceptors (Lipinski definition) is 2. The molecular weight excluding hydrogens is 200 g/mol. The van der Waals surface area contributed by atoms with Gasteiger partial charge in [0.15, 0.2) is 0 Å². The van der Waals surface area contributed by atoms with Gasteiger partial charge < -0.3 is 11.1 Å². The summed E-state index contributed by atoms with van der Waals surface area (Å²) in [5, 5.41) is 3.79. The number of nitrogens with one attached hydrogen (secondary N) is 1. The number of hydrogen-bond donors (Lipinski definition) is 2. The van der Waals surface area contributed by atoms with Gasteiger partial charge in [0.25, 0.3) is 0 Å². The molecule has 14 heavy (non-hydrogen) atoms. The highest BCUT2D eigenvalue weighted by Gasteiger charge is 2.21. The highest BCUT2D eigenvalue weighted by Crippen LogP contribution is 2.20. The molecule has 0 bridgehead atoms. The lowest BCUT2D eigenvalue weighted by Gasteiger charge is -2.23. The first-order valence-corrected chi connectivity index (χ1v) is 4.84. The Kier molecular flexibility index (Phi) is 2.44. The second-order valence-electron chi connectivity index (χ2n) is 3.45. The van der Waals surface area contributed by atoms with E-state index in [1.807, 2.05) is 18.2 Å². The number of primary amides is 1. The Balaban J connectivity index is 2.27. The fourth-order valence-electron chi connectivity index (χ4n) is 1.68. The molecule has 3 N–H and O–H groups in total. The molecule has 1 aromatic carbocycles. The molecule has 1 aliphatic heterocycles. The summed E-state index contributed by atoms with van der Waals surface area (Å²) in [6.07, 6.45) is 0.655. The average molecular weight is 211 g/mol. The highest BCUT2D eigenvalue weighted by atomic mass is 35.5. The molecule has 0 spiro atoms. The van der Waals surface area contributed by atoms with Crippen molar-refractivity contribution in [2.24, 2.45) is 5.73 Å². The van der Waals surface area contributed by atoms with E-state index in [1.54, 1.807) is 0 Å². The van der Waals surface area contributed by atoms with Crippen LogP contribution in [0.15, 0.2) is 18.2 Å². The van der Waals surface area contributed by atoms with Crippen LogP contribution in [0.2, 0.25) is 5.02 Å². The first-order chi connectivity index (χ1) is 6.66. The SMILES string of the molecule is NC(=O)C1Cc2ccc(Cl)cc2CN1. The second kappa shape index (κ2) is 3.59. The molecule has 1 amide bonds. The molecule has 2 rings (SSSR count). The monoisotopic (exact) mass is 210 g/mol. The average Bonchev–Trinajstić information content (AvgIpc) is 2.16. The molecule has 0 aliphatic carbocycles. The lowest BCUT2D eigenvalue weighted by Crippen LogP contribution is -2.45. The third-order valence-corrected chi connectivity index (χ3v) is 2.71. The summed E-state index contributed by atoms with van der Waals surface area (Å²) < 4.78 is 0. The van der Waals surface area contributed by atoms with E-state index in [0.717, 1.165) is 16.1 Å². The molecule has 0 radical (unpaired) electrons. The van der Waals surface area contributed by atoms with E-state index in [9.17, 15) is 4.79 Å². The van der Waals surface area contributed by atoms with Crippen molar-refractivity contribution in [1.29, 1.82) is 0 Å². The van der Waals surface area contributed by atoms with Crippen LogP contribution in [0, 0.1) is 0 Å². The van der Waals surface area contributed by atoms with Crippen LogP contribution in [0.1, 0.15) is 11.1 Å². The number of rotatable bonds is 1. The molecule has 1 heterocycles. The number of carbonyl (C=O) groups excluding carboxylic acids is 1. The molecule has 1 unspecified atom stereocenters. The topological polar surface area (TPSA) is 55.1 Å². The molecule has 0 saturated carbocycles. The fourth-order valence-corrected chi connectivity index (χ4v) is 1.88. The van der Waals surface area contributed by atoms with E-state index in [-0.39, 0.29) is 11.9 Å². The van der Waals surface area contributed by atoms with E-state index in [1.165, 1.54) is 0 Å². The van der Waals surface area contributed by atoms with E-state index >= 15 is 0 Å². The van der Waals surface area contributed by atoms with Crippen molar-refractivity contribution in [1.82, 2.24) is 5.32 Å². The van der Waals surface area contributed by atoms with Crippen LogP contribution < -0.4 is 11.1 Å². The van der Waals surface area contributed by atoms with Gasteiger partial charge in [-0.2, -0.15) is 0 Å². The quantitative estimate of drug-likeness (QED) is 0.722. The van der Waals surface area contributed by atoms with Gasteiger partial charge in [-0.25, -0.2) is 0 Å². The Bertz CT molecular complexity index is 378. The zero-order valence-corrected chi connectivity index (χ0v) is 8.34. The van der Waals surface area contributed by atoms with Crippen LogP contribution in [0.4, 0.5) is 0 Å². The van der Waals surface area contributed by atoms with Crippen molar-refractivity contribution in [3.8, 4) is 0 Å². The first-order valence-electron chi connectivity index (χ1n) is 4.47. The Labute approximate surface area is 87.2 Å². The van der Waals surface area contributed by atoms with Crippen LogP contribution in [0.5, 0.6) is 0 Å². The minimum absolute atomic E-state index is 0.247. The summed E-state index contributed by atoms with van der Waals surface area (Å²) in [5.74, 6) is -0.300. The summed E-state index contributed by atoms with van der Waals surface area (Å²) in [6, 6.07) is 5.46. The molecule has 0 saturated heterocycles. The number of benzene rings is 1. The lowest BCUT2D eigenvalue weighted by molar-refractivity contribution is -0.120. The van der Waals surface area contributed by atoms with E-state index < -0.39 is 0 Å². The summed E-state index contributed by atoms with van der Waals surface area (Å²) in [7, 11) is 0. The van der Waals surface area contributed by atoms with Crippen LogP contribution in [-0.4, -0.2) is 11.9 Å². The summed E-state index contributed by atoms with van der Waals surface area (Å²) in [4.78, 5) is 11.0. The van der Waals surface area contributed by atoms with Crippen molar-refractivity contribution in [2.75, 3.05) is 0 Å². The molecule has 0 aromatic heterocycles. The van der Waals surface area contributed by atoms with Crippen LogP contribution in [0.25, 0.3) is 0 Å². The predicted octanol–water partition coefficient (Wildman–Crippen LogP) is 0.840. The van der Waals surface area contributed by atoms with Crippen LogP contribution in [0.3, 0.4) is 0 Å². The van der Waals surface area contributed by atoms with E-state index in [2.05, 4.69) is 5.32 Å². The van der Waals surface area contributed by atoms with Crippen molar-refractivity contribution in [3.63, 3.8) is 0 Å². The zero-order valence-electron chi connectivity index (χ0n) is 7.59. The van der Waals surface area contributed by atoms with Crippen LogP contribution >= 0.6 is 11.6 Å². The van der Waals surface area contributed by atoms with Crippen molar-refractivity contribution >= 4 is 17.5 Å². The lowest BCUT2D eigenvalue weighted by atomic mass is 9.96. The van der Waals surface area contributed by atoms with Crippen molar-refractivity contribution in [2.45, 2.75) is 19.0 Å². The van der Waals surface area contributed by atoms with Gasteiger partial charge in [-0.05, 0) is 29.7 Å². The Hall–Kier alpha value is -1.06. The van der Waals surface area contributed by atoms with Crippen molar-refractivity contribution in [3.05, 3.63) is 34.3 Å². The second-order valence-corrected chi connectivity index (χ2v) is 3.89. The van der Waals surface area contributed by atoms with Gasteiger partial charge in [-0.3, -0.25) is 4.79 Å². The van der Waals surface area contributed by atoms with E-state index in [4.69, 9.17) is 17.3 Å². The fraction of sp³-hybridized carbons (Fsp3) is 0.300. The predicted molar refractivity (Wildman–Crippen MR) is 55.0 cm³/mol. The smallest absolute Gasteiger partial charge is 0.234 e. The number of fused-ring (bicyclic) bond motifs is 1. The van der Waals surface area contributed by atoms with Gasteiger partial charge in [0.2, 0.25) is 5.91 Å². The maximum absolute atomic E-state index is 11.0. The van der Waals surface area contributed by atoms with Crippen LogP contribution in [-0.2, 0) is 17.8 Å². The van der Waals surface area contributed by atoms with Gasteiger partial charge in [0, 0.05) is 11.6 Å². The number of carbonyl (C=O) groups is 1. The number of amides is 1. The maximum atomic E-state index is 11.0. The molecule has 4 heteroatoms. The molecule has 1 aliphatic rings.